The highest BCUT2D eigenvalue weighted by Gasteiger charge is 2.43. The summed E-state index contributed by atoms with van der Waals surface area (Å²) in [6.45, 7) is -0.547. The fourth-order valence-electron chi connectivity index (χ4n) is 1.75. The number of halogens is 1. The van der Waals surface area contributed by atoms with Crippen LogP contribution in [0.1, 0.15) is 6.23 Å². The van der Waals surface area contributed by atoms with Crippen LogP contribution in [0.3, 0.4) is 0 Å². The molecule has 18 heavy (non-hydrogen) atoms. The molecule has 0 amide bonds. The van der Waals surface area contributed by atoms with Gasteiger partial charge in [-0.3, -0.25) is 4.57 Å². The molecule has 8 nitrogen and oxygen atoms in total. The van der Waals surface area contributed by atoms with Crippen LogP contribution in [0.4, 0.5) is 10.2 Å². The molecule has 4 atom stereocenters. The lowest BCUT2D eigenvalue weighted by Gasteiger charge is -2.17. The summed E-state index contributed by atoms with van der Waals surface area (Å²) in [5.74, 6) is -1.52. The van der Waals surface area contributed by atoms with Gasteiger partial charge in [-0.1, -0.05) is 0 Å². The molecule has 1 aliphatic heterocycles. The zero-order valence-electron chi connectivity index (χ0n) is 9.10. The van der Waals surface area contributed by atoms with Gasteiger partial charge >= 0.3 is 5.69 Å². The zero-order valence-corrected chi connectivity index (χ0v) is 9.10. The maximum absolute atomic E-state index is 13.2. The number of nitrogens with zero attached hydrogens (tertiary/aromatic N) is 2. The summed E-state index contributed by atoms with van der Waals surface area (Å²) >= 11 is 0. The molecule has 1 saturated heterocycles. The molecule has 100 valence electrons. The van der Waals surface area contributed by atoms with Gasteiger partial charge in [-0.15, -0.1) is 0 Å². The van der Waals surface area contributed by atoms with Crippen molar-refractivity contribution in [3.8, 4) is 0 Å². The van der Waals surface area contributed by atoms with E-state index in [4.69, 9.17) is 15.6 Å². The lowest BCUT2D eigenvalue weighted by Crippen LogP contribution is -2.36. The van der Waals surface area contributed by atoms with E-state index in [1.165, 1.54) is 0 Å². The highest BCUT2D eigenvalue weighted by molar-refractivity contribution is 5.26. The molecule has 9 heteroatoms. The van der Waals surface area contributed by atoms with Crippen molar-refractivity contribution < 1.29 is 24.4 Å². The average molecular weight is 261 g/mol. The third kappa shape index (κ3) is 1.97. The third-order valence-corrected chi connectivity index (χ3v) is 2.73. The standard InChI is InChI=1S/C9H12FN3O5/c10-3-1-13(9(17)12-7(3)11)8-6(16)5(15)4(2-14)18-8/h1,4-6,8,14-16H,2H2,(H2,11,12,17)/t4-,5+,6+,8-/m1/s1. The summed E-state index contributed by atoms with van der Waals surface area (Å²) in [5.41, 5.74) is 4.18. The molecule has 1 aliphatic rings. The monoisotopic (exact) mass is 261 g/mol. The van der Waals surface area contributed by atoms with Gasteiger partial charge in [-0.2, -0.15) is 4.98 Å². The van der Waals surface area contributed by atoms with E-state index < -0.39 is 48.5 Å². The molecule has 0 radical (unpaired) electrons. The molecule has 2 rings (SSSR count). The molecule has 0 aliphatic carbocycles. The van der Waals surface area contributed by atoms with Crippen LogP contribution in [-0.2, 0) is 4.74 Å². The Morgan fingerprint density at radius 3 is 2.72 bits per heavy atom. The van der Waals surface area contributed by atoms with Crippen LogP contribution < -0.4 is 11.4 Å². The minimum Gasteiger partial charge on any atom is -0.394 e. The van der Waals surface area contributed by atoms with Gasteiger partial charge in [0.2, 0.25) is 0 Å². The Labute approximate surface area is 100 Å². The second-order valence-corrected chi connectivity index (χ2v) is 3.89. The zero-order chi connectivity index (χ0) is 13.4. The van der Waals surface area contributed by atoms with Crippen LogP contribution in [0.2, 0.25) is 0 Å². The molecule has 1 aromatic heterocycles. The number of aliphatic hydroxyl groups excluding tert-OH is 3. The van der Waals surface area contributed by atoms with Crippen molar-refractivity contribution >= 4 is 5.82 Å². The van der Waals surface area contributed by atoms with Crippen LogP contribution in [0.15, 0.2) is 11.0 Å². The van der Waals surface area contributed by atoms with Crippen LogP contribution >= 0.6 is 0 Å². The van der Waals surface area contributed by atoms with Crippen molar-refractivity contribution in [3.63, 3.8) is 0 Å². The maximum Gasteiger partial charge on any atom is 0.351 e. The number of hydrogen-bond donors (Lipinski definition) is 4. The fraction of sp³-hybridized carbons (Fsp3) is 0.556. The number of nitrogens with two attached hydrogens (primary N) is 1. The van der Waals surface area contributed by atoms with Crippen LogP contribution in [0.25, 0.3) is 0 Å². The highest BCUT2D eigenvalue weighted by atomic mass is 19.1. The van der Waals surface area contributed by atoms with Crippen molar-refractivity contribution in [3.05, 3.63) is 22.5 Å². The molecule has 1 fully saturated rings. The van der Waals surface area contributed by atoms with Crippen molar-refractivity contribution in [2.45, 2.75) is 24.5 Å². The predicted molar refractivity (Wildman–Crippen MR) is 55.9 cm³/mol. The summed E-state index contributed by atoms with van der Waals surface area (Å²) < 4.78 is 19.0. The molecular weight excluding hydrogens is 249 g/mol. The van der Waals surface area contributed by atoms with Crippen molar-refractivity contribution in [2.24, 2.45) is 0 Å². The van der Waals surface area contributed by atoms with E-state index in [1.807, 2.05) is 0 Å². The Morgan fingerprint density at radius 2 is 2.17 bits per heavy atom. The van der Waals surface area contributed by atoms with Gasteiger partial charge in [-0.25, -0.2) is 9.18 Å². The molecular formula is C9H12FN3O5. The van der Waals surface area contributed by atoms with Crippen molar-refractivity contribution in [2.75, 3.05) is 12.3 Å². The molecule has 0 aromatic carbocycles. The van der Waals surface area contributed by atoms with Gasteiger partial charge in [0, 0.05) is 0 Å². The van der Waals surface area contributed by atoms with E-state index in [1.54, 1.807) is 0 Å². The number of hydrogen-bond acceptors (Lipinski definition) is 7. The van der Waals surface area contributed by atoms with E-state index in [0.717, 1.165) is 6.20 Å². The quantitative estimate of drug-likeness (QED) is 0.465. The van der Waals surface area contributed by atoms with Crippen LogP contribution in [0.5, 0.6) is 0 Å². The first kappa shape index (κ1) is 12.9. The molecule has 0 unspecified atom stereocenters. The second-order valence-electron chi connectivity index (χ2n) is 3.89. The number of nitrogen functional groups attached to an aromatic ring is 1. The summed E-state index contributed by atoms with van der Waals surface area (Å²) in [5, 5.41) is 28.1. The topological polar surface area (TPSA) is 131 Å². The Morgan fingerprint density at radius 1 is 1.50 bits per heavy atom. The second kappa shape index (κ2) is 4.61. The first-order valence-corrected chi connectivity index (χ1v) is 5.12. The van der Waals surface area contributed by atoms with Gasteiger partial charge in [0.05, 0.1) is 12.8 Å². The Bertz CT molecular complexity index is 507. The SMILES string of the molecule is Nc1nc(=O)n([C@@H]2O[C@H](CO)[C@H](O)[C@@H]2O)cc1F. The lowest BCUT2D eigenvalue weighted by molar-refractivity contribution is -0.0553. The molecule has 0 bridgehead atoms. The number of ether oxygens (including phenoxy) is 1. The molecule has 1 aromatic rings. The van der Waals surface area contributed by atoms with Gasteiger partial charge < -0.3 is 25.8 Å². The summed E-state index contributed by atoms with van der Waals surface area (Å²) in [7, 11) is 0. The number of aliphatic hydroxyl groups is 3. The van der Waals surface area contributed by atoms with Crippen molar-refractivity contribution in [1.82, 2.24) is 9.55 Å². The number of anilines is 1. The summed E-state index contributed by atoms with van der Waals surface area (Å²) in [6, 6.07) is 0. The van der Waals surface area contributed by atoms with Gasteiger partial charge in [0.25, 0.3) is 0 Å². The minimum absolute atomic E-state index is 0.547. The van der Waals surface area contributed by atoms with E-state index >= 15 is 0 Å². The Kier molecular flexibility index (Phi) is 3.30. The molecule has 5 N–H and O–H groups in total. The summed E-state index contributed by atoms with van der Waals surface area (Å²) in [4.78, 5) is 14.7. The van der Waals surface area contributed by atoms with Crippen molar-refractivity contribution in [1.29, 1.82) is 0 Å². The molecule has 0 saturated carbocycles. The predicted octanol–water partition coefficient (Wildman–Crippen LogP) is -2.42. The normalized spacial score (nSPS) is 31.8. The smallest absolute Gasteiger partial charge is 0.351 e. The van der Waals surface area contributed by atoms with E-state index in [0.29, 0.717) is 4.57 Å². The van der Waals surface area contributed by atoms with Crippen LogP contribution in [-0.4, -0.2) is 49.8 Å². The first-order valence-electron chi connectivity index (χ1n) is 5.12. The minimum atomic E-state index is -1.48. The Balaban J connectivity index is 2.39. The third-order valence-electron chi connectivity index (χ3n) is 2.73. The largest absolute Gasteiger partial charge is 0.394 e. The van der Waals surface area contributed by atoms with E-state index in [2.05, 4.69) is 4.98 Å². The van der Waals surface area contributed by atoms with E-state index in [-0.39, 0.29) is 0 Å². The van der Waals surface area contributed by atoms with E-state index in [9.17, 15) is 19.4 Å². The maximum atomic E-state index is 13.2. The molecule has 2 heterocycles. The van der Waals surface area contributed by atoms with Gasteiger partial charge in [0.1, 0.15) is 18.3 Å². The Hall–Kier alpha value is -1.55. The number of aromatic nitrogens is 2. The molecule has 0 spiro atoms. The fourth-order valence-corrected chi connectivity index (χ4v) is 1.75. The highest BCUT2D eigenvalue weighted by Crippen LogP contribution is 2.28. The lowest BCUT2D eigenvalue weighted by atomic mass is 10.1. The number of rotatable bonds is 2. The summed E-state index contributed by atoms with van der Waals surface area (Å²) in [6.07, 6.45) is -4.52. The first-order chi connectivity index (χ1) is 8.45. The van der Waals surface area contributed by atoms with Crippen LogP contribution in [0, 0.1) is 5.82 Å². The average Bonchev–Trinajstić information content (AvgIpc) is 2.61. The van der Waals surface area contributed by atoms with Gasteiger partial charge in [0.15, 0.2) is 17.9 Å². The van der Waals surface area contributed by atoms with Gasteiger partial charge in [-0.05, 0) is 0 Å².